The zero-order valence-electron chi connectivity index (χ0n) is 9.32. The van der Waals surface area contributed by atoms with E-state index in [1.165, 1.54) is 21.3 Å². The maximum absolute atomic E-state index is 10.9. The highest BCUT2D eigenvalue weighted by atomic mass is 16.7. The number of carboxylic acids is 1. The summed E-state index contributed by atoms with van der Waals surface area (Å²) in [7, 11) is 4.11. The Hall–Kier alpha value is -0.730. The fraction of sp³-hybridized carbons (Fsp3) is 0.889. The summed E-state index contributed by atoms with van der Waals surface area (Å²) < 4.78 is 20.0. The van der Waals surface area contributed by atoms with Gasteiger partial charge in [-0.1, -0.05) is 0 Å². The van der Waals surface area contributed by atoms with Crippen molar-refractivity contribution < 1.29 is 34.0 Å². The molecule has 1 aliphatic heterocycles. The number of aliphatic hydroxyl groups excluding tert-OH is 1. The topological polar surface area (TPSA) is 94.5 Å². The minimum absolute atomic E-state index is 0.708. The Balaban J connectivity index is 2.91. The number of carboxylic acid groups (broad SMARTS) is 1. The van der Waals surface area contributed by atoms with Gasteiger partial charge in [0.15, 0.2) is 12.4 Å². The molecule has 0 aromatic carbocycles. The Kier molecular flexibility index (Phi) is 4.63. The van der Waals surface area contributed by atoms with Gasteiger partial charge in [-0.05, 0) is 0 Å². The molecule has 16 heavy (non-hydrogen) atoms. The zero-order chi connectivity index (χ0) is 12.3. The molecule has 0 spiro atoms. The molecular formula is C9H16O7. The summed E-state index contributed by atoms with van der Waals surface area (Å²) in [6.07, 6.45) is -4.97. The summed E-state index contributed by atoms with van der Waals surface area (Å²) in [6, 6.07) is 0. The quantitative estimate of drug-likeness (QED) is 0.635. The third-order valence-corrected chi connectivity index (χ3v) is 2.57. The van der Waals surface area contributed by atoms with Gasteiger partial charge < -0.3 is 29.2 Å². The van der Waals surface area contributed by atoms with Gasteiger partial charge in [0, 0.05) is 21.3 Å². The maximum atomic E-state index is 10.9. The van der Waals surface area contributed by atoms with E-state index in [2.05, 4.69) is 0 Å². The van der Waals surface area contributed by atoms with Crippen molar-refractivity contribution in [3.8, 4) is 0 Å². The van der Waals surface area contributed by atoms with Gasteiger partial charge in [0.1, 0.15) is 18.3 Å². The highest BCUT2D eigenvalue weighted by molar-refractivity contribution is 5.73. The standard InChI is InChI=1S/C9H16O7/c1-13-4-5(14-2)7(15-3)9(12)16-6(4)8(10)11/h4-7,9,12H,1-3H3,(H,10,11)/t4-,5-,6-,7+,9-/m0/s1. The molecule has 5 atom stereocenters. The Bertz CT molecular complexity index is 244. The van der Waals surface area contributed by atoms with E-state index in [9.17, 15) is 9.90 Å². The Morgan fingerprint density at radius 3 is 1.94 bits per heavy atom. The van der Waals surface area contributed by atoms with Gasteiger partial charge in [-0.25, -0.2) is 4.79 Å². The molecule has 7 nitrogen and oxygen atoms in total. The second kappa shape index (κ2) is 5.55. The SMILES string of the molecule is CO[C@@H]1[C@@H](OC)[C@@H](O)O[C@H](C(=O)O)[C@H]1OC. The van der Waals surface area contributed by atoms with Gasteiger partial charge in [0.2, 0.25) is 0 Å². The summed E-state index contributed by atoms with van der Waals surface area (Å²) in [5.74, 6) is -1.22. The minimum Gasteiger partial charge on any atom is -0.479 e. The Morgan fingerprint density at radius 2 is 1.56 bits per heavy atom. The molecule has 94 valence electrons. The normalized spacial score (nSPS) is 39.6. The molecule has 1 saturated heterocycles. The van der Waals surface area contributed by atoms with Crippen LogP contribution < -0.4 is 0 Å². The van der Waals surface area contributed by atoms with E-state index >= 15 is 0 Å². The molecule has 1 fully saturated rings. The van der Waals surface area contributed by atoms with Gasteiger partial charge in [-0.3, -0.25) is 0 Å². The summed E-state index contributed by atoms with van der Waals surface area (Å²) in [5, 5.41) is 18.5. The summed E-state index contributed by atoms with van der Waals surface area (Å²) in [5.41, 5.74) is 0. The number of hydrogen-bond donors (Lipinski definition) is 2. The lowest BCUT2D eigenvalue weighted by atomic mass is 9.98. The van der Waals surface area contributed by atoms with Crippen LogP contribution in [0.1, 0.15) is 0 Å². The highest BCUT2D eigenvalue weighted by Crippen LogP contribution is 2.25. The first kappa shape index (κ1) is 13.3. The molecule has 0 aromatic heterocycles. The smallest absolute Gasteiger partial charge is 0.335 e. The molecule has 0 saturated carbocycles. The van der Waals surface area contributed by atoms with Crippen LogP contribution in [0.2, 0.25) is 0 Å². The molecule has 0 bridgehead atoms. The third-order valence-electron chi connectivity index (χ3n) is 2.57. The van der Waals surface area contributed by atoms with Crippen LogP contribution in [0.15, 0.2) is 0 Å². The molecule has 0 unspecified atom stereocenters. The Labute approximate surface area is 92.9 Å². The lowest BCUT2D eigenvalue weighted by Crippen LogP contribution is -2.61. The van der Waals surface area contributed by atoms with E-state index in [4.69, 9.17) is 24.1 Å². The predicted octanol–water partition coefficient (Wildman–Crippen LogP) is -1.17. The zero-order valence-corrected chi connectivity index (χ0v) is 9.32. The Morgan fingerprint density at radius 1 is 1.06 bits per heavy atom. The number of rotatable bonds is 4. The van der Waals surface area contributed by atoms with E-state index in [0.29, 0.717) is 0 Å². The van der Waals surface area contributed by atoms with Crippen molar-refractivity contribution in [2.24, 2.45) is 0 Å². The van der Waals surface area contributed by atoms with Crippen molar-refractivity contribution >= 4 is 5.97 Å². The molecule has 0 aromatic rings. The van der Waals surface area contributed by atoms with Crippen molar-refractivity contribution in [1.82, 2.24) is 0 Å². The van der Waals surface area contributed by atoms with Crippen molar-refractivity contribution in [3.05, 3.63) is 0 Å². The van der Waals surface area contributed by atoms with E-state index in [1.54, 1.807) is 0 Å². The second-order valence-corrected chi connectivity index (χ2v) is 3.39. The fourth-order valence-electron chi connectivity index (χ4n) is 1.80. The number of hydrogen-bond acceptors (Lipinski definition) is 6. The molecular weight excluding hydrogens is 220 g/mol. The van der Waals surface area contributed by atoms with E-state index in [0.717, 1.165) is 0 Å². The van der Waals surface area contributed by atoms with Gasteiger partial charge in [0.05, 0.1) is 0 Å². The van der Waals surface area contributed by atoms with Crippen LogP contribution in [-0.2, 0) is 23.7 Å². The molecule has 0 aliphatic carbocycles. The van der Waals surface area contributed by atoms with Gasteiger partial charge >= 0.3 is 5.97 Å². The number of carbonyl (C=O) groups is 1. The van der Waals surface area contributed by atoms with E-state index in [1.807, 2.05) is 0 Å². The van der Waals surface area contributed by atoms with Crippen LogP contribution in [-0.4, -0.2) is 68.2 Å². The van der Waals surface area contributed by atoms with Crippen LogP contribution in [0.25, 0.3) is 0 Å². The van der Waals surface area contributed by atoms with Crippen molar-refractivity contribution in [1.29, 1.82) is 0 Å². The molecule has 7 heteroatoms. The molecule has 2 N–H and O–H groups in total. The number of aliphatic carboxylic acids is 1. The van der Waals surface area contributed by atoms with Crippen LogP contribution in [0, 0.1) is 0 Å². The molecule has 0 amide bonds. The van der Waals surface area contributed by atoms with Gasteiger partial charge in [-0.15, -0.1) is 0 Å². The van der Waals surface area contributed by atoms with Crippen molar-refractivity contribution in [3.63, 3.8) is 0 Å². The molecule has 1 rings (SSSR count). The van der Waals surface area contributed by atoms with Gasteiger partial charge in [-0.2, -0.15) is 0 Å². The number of methoxy groups -OCH3 is 3. The van der Waals surface area contributed by atoms with Crippen molar-refractivity contribution in [2.75, 3.05) is 21.3 Å². The number of ether oxygens (including phenoxy) is 4. The molecule has 1 heterocycles. The first-order chi connectivity index (χ1) is 7.56. The largest absolute Gasteiger partial charge is 0.479 e. The van der Waals surface area contributed by atoms with Crippen molar-refractivity contribution in [2.45, 2.75) is 30.7 Å². The first-order valence-corrected chi connectivity index (χ1v) is 4.71. The van der Waals surface area contributed by atoms with E-state index in [-0.39, 0.29) is 0 Å². The maximum Gasteiger partial charge on any atom is 0.335 e. The summed E-state index contributed by atoms with van der Waals surface area (Å²) >= 11 is 0. The third kappa shape index (κ3) is 2.33. The average Bonchev–Trinajstić information content (AvgIpc) is 2.27. The van der Waals surface area contributed by atoms with Crippen LogP contribution in [0.4, 0.5) is 0 Å². The van der Waals surface area contributed by atoms with Gasteiger partial charge in [0.25, 0.3) is 0 Å². The summed E-state index contributed by atoms with van der Waals surface area (Å²) in [4.78, 5) is 10.9. The average molecular weight is 236 g/mol. The lowest BCUT2D eigenvalue weighted by molar-refractivity contribution is -0.292. The minimum atomic E-state index is -1.36. The summed E-state index contributed by atoms with van der Waals surface area (Å²) in [6.45, 7) is 0. The predicted molar refractivity (Wildman–Crippen MR) is 50.9 cm³/mol. The lowest BCUT2D eigenvalue weighted by Gasteiger charge is -2.41. The number of aliphatic hydroxyl groups is 1. The van der Waals surface area contributed by atoms with Crippen LogP contribution in [0.5, 0.6) is 0 Å². The van der Waals surface area contributed by atoms with Crippen LogP contribution in [0.3, 0.4) is 0 Å². The monoisotopic (exact) mass is 236 g/mol. The highest BCUT2D eigenvalue weighted by Gasteiger charge is 2.49. The van der Waals surface area contributed by atoms with E-state index < -0.39 is 36.7 Å². The fourth-order valence-corrected chi connectivity index (χ4v) is 1.80. The van der Waals surface area contributed by atoms with Crippen LogP contribution >= 0.6 is 0 Å². The second-order valence-electron chi connectivity index (χ2n) is 3.39. The first-order valence-electron chi connectivity index (χ1n) is 4.71. The molecule has 1 aliphatic rings. The molecule has 0 radical (unpaired) electrons.